The van der Waals surface area contributed by atoms with Crippen molar-refractivity contribution in [2.24, 2.45) is 0 Å². The van der Waals surface area contributed by atoms with Gasteiger partial charge < -0.3 is 9.47 Å². The maximum Gasteiger partial charge on any atom is 0.287 e. The highest BCUT2D eigenvalue weighted by atomic mass is 16.6. The largest absolute Gasteiger partial charge is 0.335 e. The van der Waals surface area contributed by atoms with E-state index in [1.54, 1.807) is 4.57 Å². The van der Waals surface area contributed by atoms with Gasteiger partial charge in [-0.05, 0) is 20.8 Å². The zero-order valence-corrected chi connectivity index (χ0v) is 11.3. The van der Waals surface area contributed by atoms with E-state index in [-0.39, 0.29) is 24.2 Å². The summed E-state index contributed by atoms with van der Waals surface area (Å²) in [4.78, 5) is 24.1. The maximum absolute atomic E-state index is 12.3. The van der Waals surface area contributed by atoms with Gasteiger partial charge in [0, 0.05) is 18.7 Å². The highest BCUT2D eigenvalue weighted by Gasteiger charge is 2.23. The highest BCUT2D eigenvalue weighted by Crippen LogP contribution is 2.21. The Labute approximate surface area is 112 Å². The molecule has 0 aliphatic heterocycles. The van der Waals surface area contributed by atoms with Crippen LogP contribution in [0.15, 0.2) is 12.3 Å². The smallest absolute Gasteiger partial charge is 0.287 e. The quantitative estimate of drug-likeness (QED) is 0.464. The molecular formula is C13H17N3O3. The van der Waals surface area contributed by atoms with Gasteiger partial charge in [0.25, 0.3) is 11.6 Å². The van der Waals surface area contributed by atoms with Crippen LogP contribution in [0.2, 0.25) is 0 Å². The lowest BCUT2D eigenvalue weighted by Gasteiger charge is -2.20. The van der Waals surface area contributed by atoms with Gasteiger partial charge >= 0.3 is 0 Å². The van der Waals surface area contributed by atoms with E-state index in [2.05, 4.69) is 5.92 Å². The SMILES string of the molecule is C#CCN(CC)C(=O)c1cc([N+](=O)[O-])cn1C(C)C. The summed E-state index contributed by atoms with van der Waals surface area (Å²) in [5.41, 5.74) is 0.201. The molecule has 19 heavy (non-hydrogen) atoms. The van der Waals surface area contributed by atoms with Crippen LogP contribution in [0.4, 0.5) is 5.69 Å². The summed E-state index contributed by atoms with van der Waals surface area (Å²) in [7, 11) is 0. The van der Waals surface area contributed by atoms with Crippen molar-refractivity contribution < 1.29 is 9.72 Å². The minimum Gasteiger partial charge on any atom is -0.335 e. The second kappa shape index (κ2) is 6.05. The Kier molecular flexibility index (Phi) is 4.70. The molecule has 0 N–H and O–H groups in total. The predicted molar refractivity (Wildman–Crippen MR) is 71.9 cm³/mol. The van der Waals surface area contributed by atoms with E-state index in [1.807, 2.05) is 20.8 Å². The molecule has 1 rings (SSSR count). The summed E-state index contributed by atoms with van der Waals surface area (Å²) >= 11 is 0. The molecule has 0 aromatic carbocycles. The van der Waals surface area contributed by atoms with E-state index >= 15 is 0 Å². The first kappa shape index (κ1) is 14.8. The van der Waals surface area contributed by atoms with Gasteiger partial charge in [0.2, 0.25) is 0 Å². The van der Waals surface area contributed by atoms with E-state index in [9.17, 15) is 14.9 Å². The summed E-state index contributed by atoms with van der Waals surface area (Å²) in [5.74, 6) is 2.12. The number of rotatable bonds is 5. The Balaban J connectivity index is 3.21. The van der Waals surface area contributed by atoms with Crippen LogP contribution in [-0.4, -0.2) is 33.4 Å². The van der Waals surface area contributed by atoms with Crippen molar-refractivity contribution in [1.29, 1.82) is 0 Å². The lowest BCUT2D eigenvalue weighted by molar-refractivity contribution is -0.384. The molecule has 6 heteroatoms. The normalized spacial score (nSPS) is 10.3. The van der Waals surface area contributed by atoms with Gasteiger partial charge in [-0.25, -0.2) is 0 Å². The van der Waals surface area contributed by atoms with E-state index in [1.165, 1.54) is 17.2 Å². The zero-order chi connectivity index (χ0) is 14.6. The van der Waals surface area contributed by atoms with Crippen LogP contribution in [0.1, 0.15) is 37.3 Å². The second-order valence-electron chi connectivity index (χ2n) is 4.37. The highest BCUT2D eigenvalue weighted by molar-refractivity contribution is 5.93. The van der Waals surface area contributed by atoms with Crippen molar-refractivity contribution in [1.82, 2.24) is 9.47 Å². The Morgan fingerprint density at radius 3 is 2.68 bits per heavy atom. The van der Waals surface area contributed by atoms with Gasteiger partial charge in [-0.3, -0.25) is 14.9 Å². The molecule has 0 fully saturated rings. The second-order valence-corrected chi connectivity index (χ2v) is 4.37. The van der Waals surface area contributed by atoms with Gasteiger partial charge in [0.1, 0.15) is 5.69 Å². The van der Waals surface area contributed by atoms with Gasteiger partial charge in [-0.1, -0.05) is 5.92 Å². The first-order valence-electron chi connectivity index (χ1n) is 6.01. The molecule has 1 aromatic rings. The number of hydrogen-bond acceptors (Lipinski definition) is 3. The molecule has 0 aliphatic rings. The number of carbonyl (C=O) groups excluding carboxylic acids is 1. The van der Waals surface area contributed by atoms with Crippen LogP contribution in [0.5, 0.6) is 0 Å². The van der Waals surface area contributed by atoms with Gasteiger partial charge in [-0.15, -0.1) is 6.42 Å². The molecule has 0 radical (unpaired) electrons. The van der Waals surface area contributed by atoms with Crippen molar-refractivity contribution in [3.8, 4) is 12.3 Å². The summed E-state index contributed by atoms with van der Waals surface area (Å²) in [6.45, 7) is 6.18. The van der Waals surface area contributed by atoms with E-state index in [4.69, 9.17) is 6.42 Å². The Bertz CT molecular complexity index is 526. The van der Waals surface area contributed by atoms with Gasteiger partial charge in [-0.2, -0.15) is 0 Å². The fourth-order valence-corrected chi connectivity index (χ4v) is 1.76. The van der Waals surface area contributed by atoms with Crippen molar-refractivity contribution in [3.05, 3.63) is 28.1 Å². The molecule has 1 amide bonds. The molecule has 0 saturated heterocycles. The average Bonchev–Trinajstić information content (AvgIpc) is 2.80. The molecule has 0 unspecified atom stereocenters. The monoisotopic (exact) mass is 263 g/mol. The number of nitrogens with zero attached hydrogens (tertiary/aromatic N) is 3. The summed E-state index contributed by atoms with van der Waals surface area (Å²) in [5, 5.41) is 10.8. The van der Waals surface area contributed by atoms with Gasteiger partial charge in [0.15, 0.2) is 0 Å². The van der Waals surface area contributed by atoms with Crippen molar-refractivity contribution in [3.63, 3.8) is 0 Å². The lowest BCUT2D eigenvalue weighted by atomic mass is 10.3. The van der Waals surface area contributed by atoms with Crippen molar-refractivity contribution in [2.75, 3.05) is 13.1 Å². The lowest BCUT2D eigenvalue weighted by Crippen LogP contribution is -2.32. The average molecular weight is 263 g/mol. The molecule has 6 nitrogen and oxygen atoms in total. The summed E-state index contributed by atoms with van der Waals surface area (Å²) in [6, 6.07) is 1.25. The minimum atomic E-state index is -0.507. The third-order valence-electron chi connectivity index (χ3n) is 2.77. The number of aromatic nitrogens is 1. The molecule has 0 atom stereocenters. The number of carbonyl (C=O) groups is 1. The molecule has 0 saturated carbocycles. The molecule has 0 spiro atoms. The number of terminal acetylenes is 1. The number of nitro groups is 1. The topological polar surface area (TPSA) is 68.4 Å². The van der Waals surface area contributed by atoms with Crippen LogP contribution in [0, 0.1) is 22.5 Å². The fourth-order valence-electron chi connectivity index (χ4n) is 1.76. The number of amides is 1. The van der Waals surface area contributed by atoms with E-state index in [0.29, 0.717) is 12.2 Å². The number of hydrogen-bond donors (Lipinski definition) is 0. The fraction of sp³-hybridized carbons (Fsp3) is 0.462. The van der Waals surface area contributed by atoms with Crippen LogP contribution in [0.3, 0.4) is 0 Å². The predicted octanol–water partition coefficient (Wildman–Crippen LogP) is 2.07. The Morgan fingerprint density at radius 2 is 2.26 bits per heavy atom. The van der Waals surface area contributed by atoms with Crippen LogP contribution < -0.4 is 0 Å². The third kappa shape index (κ3) is 3.13. The van der Waals surface area contributed by atoms with Crippen LogP contribution >= 0.6 is 0 Å². The van der Waals surface area contributed by atoms with Crippen LogP contribution in [-0.2, 0) is 0 Å². The minimum absolute atomic E-state index is 0.0443. The van der Waals surface area contributed by atoms with E-state index < -0.39 is 4.92 Å². The van der Waals surface area contributed by atoms with Crippen LogP contribution in [0.25, 0.3) is 0 Å². The molecule has 1 aromatic heterocycles. The first-order valence-corrected chi connectivity index (χ1v) is 6.01. The Hall–Kier alpha value is -2.29. The Morgan fingerprint density at radius 1 is 1.63 bits per heavy atom. The molecule has 102 valence electrons. The van der Waals surface area contributed by atoms with Crippen molar-refractivity contribution >= 4 is 11.6 Å². The maximum atomic E-state index is 12.3. The summed E-state index contributed by atoms with van der Waals surface area (Å²) in [6.07, 6.45) is 6.59. The molecule has 1 heterocycles. The van der Waals surface area contributed by atoms with Crippen molar-refractivity contribution in [2.45, 2.75) is 26.8 Å². The standard InChI is InChI=1S/C13H17N3O3/c1-5-7-14(6-2)13(17)12-8-11(16(18)19)9-15(12)10(3)4/h1,8-10H,6-7H2,2-4H3. The van der Waals surface area contributed by atoms with Gasteiger partial charge in [0.05, 0.1) is 17.7 Å². The first-order chi connectivity index (χ1) is 8.92. The zero-order valence-electron chi connectivity index (χ0n) is 11.3. The summed E-state index contributed by atoms with van der Waals surface area (Å²) < 4.78 is 1.60. The molecular weight excluding hydrogens is 246 g/mol. The molecule has 0 aliphatic carbocycles. The molecule has 0 bridgehead atoms. The van der Waals surface area contributed by atoms with E-state index in [0.717, 1.165) is 0 Å². The third-order valence-corrected chi connectivity index (χ3v) is 2.77.